The fourth-order valence-electron chi connectivity index (χ4n) is 6.58. The fraction of sp³-hybridized carbons (Fsp3) is 0.545. The third kappa shape index (κ3) is 8.40. The molecule has 0 bridgehead atoms. The molecule has 2 aromatic rings. The van der Waals surface area contributed by atoms with Gasteiger partial charge in [-0.25, -0.2) is 4.79 Å². The Hall–Kier alpha value is -3.41. The number of carbonyl (C=O) groups is 3. The first-order valence-corrected chi connectivity index (χ1v) is 16.2. The first kappa shape index (κ1) is 32.0. The molecule has 0 aliphatic carbocycles. The summed E-state index contributed by atoms with van der Waals surface area (Å²) >= 11 is 0. The molecular weight excluding hydrogens is 559 g/mol. The first-order chi connectivity index (χ1) is 21.4. The zero-order valence-corrected chi connectivity index (χ0v) is 25.4. The summed E-state index contributed by atoms with van der Waals surface area (Å²) in [7, 11) is -1.71. The van der Waals surface area contributed by atoms with Crippen LogP contribution in [0, 0.1) is 0 Å². The van der Waals surface area contributed by atoms with Crippen molar-refractivity contribution < 1.29 is 29.2 Å². The highest BCUT2D eigenvalue weighted by Gasteiger charge is 2.44. The summed E-state index contributed by atoms with van der Waals surface area (Å²) in [6.07, 6.45) is 6.88. The number of ether oxygens (including phenoxy) is 1. The highest BCUT2D eigenvalue weighted by molar-refractivity contribution is 6.43. The number of fused-ring (bicyclic) bond motifs is 2. The number of hydrogen-bond acceptors (Lipinski definition) is 7. The standard InChI is InChI=1S/C33H45BN4O6/c39-31-29-19-27(44-33(41)37-21-25-15-11-12-16-26(25)22-37)23-38(29)32(40)28(35-20-24-13-7-6-8-14-24)17-9-4-2-1-3-5-10-18-30(36-31)34(42)43/h6-8,11-16,27-30,35,42-43H,1-5,9-10,17-23H2,(H,36,39)/t27-,28+,29+,30+/m1/s1. The van der Waals surface area contributed by atoms with Crippen LogP contribution >= 0.6 is 0 Å². The van der Waals surface area contributed by atoms with E-state index in [0.717, 1.165) is 61.6 Å². The van der Waals surface area contributed by atoms with Crippen molar-refractivity contribution in [1.29, 1.82) is 0 Å². The molecule has 0 spiro atoms. The Bertz CT molecular complexity index is 1240. The van der Waals surface area contributed by atoms with E-state index in [4.69, 9.17) is 4.74 Å². The average Bonchev–Trinajstić information content (AvgIpc) is 3.65. The van der Waals surface area contributed by atoms with E-state index in [-0.39, 0.29) is 18.9 Å². The van der Waals surface area contributed by atoms with Gasteiger partial charge in [-0.05, 0) is 29.5 Å². The molecule has 3 aliphatic heterocycles. The predicted octanol–water partition coefficient (Wildman–Crippen LogP) is 3.29. The van der Waals surface area contributed by atoms with Crippen LogP contribution < -0.4 is 10.6 Å². The maximum Gasteiger partial charge on any atom is 0.475 e. The average molecular weight is 605 g/mol. The quantitative estimate of drug-likeness (QED) is 0.386. The van der Waals surface area contributed by atoms with Gasteiger partial charge in [0, 0.05) is 26.1 Å². The van der Waals surface area contributed by atoms with Gasteiger partial charge in [0.05, 0.1) is 18.5 Å². The SMILES string of the molecule is O=C1N[C@H](B(O)O)CCCCCCCCC[C@H](NCc2ccccc2)C(=O)N2C[C@H](OC(=O)N3Cc4ccccc4C3)C[C@@H]12. The van der Waals surface area contributed by atoms with Crippen molar-refractivity contribution in [3.63, 3.8) is 0 Å². The van der Waals surface area contributed by atoms with Gasteiger partial charge in [-0.2, -0.15) is 0 Å². The summed E-state index contributed by atoms with van der Waals surface area (Å²) in [6, 6.07) is 16.4. The molecule has 10 nitrogen and oxygen atoms in total. The Labute approximate surface area is 260 Å². The van der Waals surface area contributed by atoms with E-state index >= 15 is 0 Å². The van der Waals surface area contributed by atoms with Crippen molar-refractivity contribution in [2.24, 2.45) is 0 Å². The predicted molar refractivity (Wildman–Crippen MR) is 167 cm³/mol. The number of carbonyl (C=O) groups excluding carboxylic acids is 3. The van der Waals surface area contributed by atoms with Gasteiger partial charge in [-0.1, -0.05) is 99.5 Å². The van der Waals surface area contributed by atoms with Crippen LogP contribution in [0.1, 0.15) is 80.9 Å². The van der Waals surface area contributed by atoms with Crippen LogP contribution in [0.4, 0.5) is 4.79 Å². The molecule has 2 saturated heterocycles. The van der Waals surface area contributed by atoms with Crippen molar-refractivity contribution in [1.82, 2.24) is 20.4 Å². The smallest absolute Gasteiger partial charge is 0.444 e. The lowest BCUT2D eigenvalue weighted by molar-refractivity contribution is -0.140. The van der Waals surface area contributed by atoms with Crippen LogP contribution in [0.5, 0.6) is 0 Å². The Morgan fingerprint density at radius 2 is 1.50 bits per heavy atom. The zero-order chi connectivity index (χ0) is 30.9. The van der Waals surface area contributed by atoms with Crippen LogP contribution in [0.25, 0.3) is 0 Å². The van der Waals surface area contributed by atoms with Crippen LogP contribution in [-0.2, 0) is 34.0 Å². The molecule has 11 heteroatoms. The van der Waals surface area contributed by atoms with Gasteiger partial charge < -0.3 is 30.3 Å². The van der Waals surface area contributed by atoms with Crippen LogP contribution in [-0.4, -0.2) is 75.5 Å². The third-order valence-electron chi connectivity index (χ3n) is 9.10. The lowest BCUT2D eigenvalue weighted by Gasteiger charge is -2.30. The zero-order valence-electron chi connectivity index (χ0n) is 25.4. The number of rotatable bonds is 5. The van der Waals surface area contributed by atoms with Crippen LogP contribution in [0.3, 0.4) is 0 Å². The summed E-state index contributed by atoms with van der Waals surface area (Å²) in [5.41, 5.74) is 3.21. The summed E-state index contributed by atoms with van der Waals surface area (Å²) in [5.74, 6) is -1.51. The van der Waals surface area contributed by atoms with Crippen molar-refractivity contribution in [3.8, 4) is 0 Å². The number of nitrogens with one attached hydrogen (secondary N) is 2. The minimum absolute atomic E-state index is 0.0965. The second-order valence-electron chi connectivity index (χ2n) is 12.4. The lowest BCUT2D eigenvalue weighted by atomic mass is 9.76. The van der Waals surface area contributed by atoms with E-state index in [1.54, 1.807) is 4.90 Å². The summed E-state index contributed by atoms with van der Waals surface area (Å²) in [5, 5.41) is 26.3. The maximum atomic E-state index is 14.2. The maximum absolute atomic E-state index is 14.2. The molecule has 2 aromatic carbocycles. The molecule has 4 N–H and O–H groups in total. The second kappa shape index (κ2) is 15.5. The Kier molecular flexibility index (Phi) is 11.3. The normalized spacial score (nSPS) is 25.2. The van der Waals surface area contributed by atoms with E-state index in [9.17, 15) is 24.4 Å². The van der Waals surface area contributed by atoms with Gasteiger partial charge in [-0.3, -0.25) is 14.5 Å². The second-order valence-corrected chi connectivity index (χ2v) is 12.4. The van der Waals surface area contributed by atoms with Crippen molar-refractivity contribution in [3.05, 3.63) is 71.3 Å². The molecule has 236 valence electrons. The van der Waals surface area contributed by atoms with Crippen molar-refractivity contribution >= 4 is 25.0 Å². The molecule has 3 amide bonds. The topological polar surface area (TPSA) is 131 Å². The Balaban J connectivity index is 1.33. The van der Waals surface area contributed by atoms with E-state index < -0.39 is 43.2 Å². The van der Waals surface area contributed by atoms with Gasteiger partial charge in [0.25, 0.3) is 0 Å². The Morgan fingerprint density at radius 3 is 2.16 bits per heavy atom. The summed E-state index contributed by atoms with van der Waals surface area (Å²) < 4.78 is 5.91. The van der Waals surface area contributed by atoms with Crippen molar-refractivity contribution in [2.45, 2.75) is 108 Å². The molecular formula is C33H45BN4O6. The largest absolute Gasteiger partial charge is 0.475 e. The highest BCUT2D eigenvalue weighted by Crippen LogP contribution is 2.27. The van der Waals surface area contributed by atoms with E-state index in [0.29, 0.717) is 32.5 Å². The number of hydrogen-bond donors (Lipinski definition) is 4. The van der Waals surface area contributed by atoms with E-state index in [1.165, 1.54) is 4.90 Å². The van der Waals surface area contributed by atoms with Gasteiger partial charge in [0.15, 0.2) is 0 Å². The molecule has 4 atom stereocenters. The summed E-state index contributed by atoms with van der Waals surface area (Å²) in [4.78, 5) is 44.2. The van der Waals surface area contributed by atoms with Crippen LogP contribution in [0.2, 0.25) is 0 Å². The van der Waals surface area contributed by atoms with Gasteiger partial charge in [0.2, 0.25) is 11.8 Å². The number of amides is 3. The number of benzene rings is 2. The van der Waals surface area contributed by atoms with E-state index in [1.807, 2.05) is 54.6 Å². The van der Waals surface area contributed by atoms with Gasteiger partial charge in [-0.15, -0.1) is 0 Å². The fourth-order valence-corrected chi connectivity index (χ4v) is 6.58. The summed E-state index contributed by atoms with van der Waals surface area (Å²) in [6.45, 7) is 1.51. The molecule has 44 heavy (non-hydrogen) atoms. The molecule has 5 rings (SSSR count). The molecule has 0 saturated carbocycles. The third-order valence-corrected chi connectivity index (χ3v) is 9.10. The molecule has 3 aliphatic rings. The molecule has 0 aromatic heterocycles. The molecule has 3 heterocycles. The molecule has 0 radical (unpaired) electrons. The van der Waals surface area contributed by atoms with E-state index in [2.05, 4.69) is 10.6 Å². The molecule has 2 fully saturated rings. The van der Waals surface area contributed by atoms with Gasteiger partial charge >= 0.3 is 13.2 Å². The number of nitrogens with zero attached hydrogens (tertiary/aromatic N) is 2. The lowest BCUT2D eigenvalue weighted by Crippen LogP contribution is -2.56. The minimum atomic E-state index is -1.71. The Morgan fingerprint density at radius 1 is 0.886 bits per heavy atom. The first-order valence-electron chi connectivity index (χ1n) is 16.2. The minimum Gasteiger partial charge on any atom is -0.444 e. The van der Waals surface area contributed by atoms with Gasteiger partial charge in [0.1, 0.15) is 12.1 Å². The van der Waals surface area contributed by atoms with Crippen LogP contribution in [0.15, 0.2) is 54.6 Å². The van der Waals surface area contributed by atoms with Crippen molar-refractivity contribution in [2.75, 3.05) is 6.54 Å². The molecule has 0 unspecified atom stereocenters. The monoisotopic (exact) mass is 604 g/mol. The highest BCUT2D eigenvalue weighted by atomic mass is 16.6.